The molecule has 1 fully saturated rings. The van der Waals surface area contributed by atoms with Crippen LogP contribution in [0.25, 0.3) is 0 Å². The summed E-state index contributed by atoms with van der Waals surface area (Å²) in [7, 11) is 0. The van der Waals surface area contributed by atoms with Gasteiger partial charge >= 0.3 is 18.6 Å². The number of amides is 2. The molecular formula is C11H10F4N2O2. The summed E-state index contributed by atoms with van der Waals surface area (Å²) in [6.07, 6.45) is -8.42. The van der Waals surface area contributed by atoms with Gasteiger partial charge in [0, 0.05) is 6.54 Å². The van der Waals surface area contributed by atoms with Crippen LogP contribution in [0.4, 0.5) is 22.4 Å². The Morgan fingerprint density at radius 1 is 1.26 bits per heavy atom. The summed E-state index contributed by atoms with van der Waals surface area (Å²) in [6, 6.07) is 4.54. The summed E-state index contributed by atoms with van der Waals surface area (Å²) in [5, 5.41) is 5.13. The molecule has 1 atom stereocenters. The number of alkyl halides is 4. The highest BCUT2D eigenvalue weighted by molar-refractivity contribution is 5.76. The highest BCUT2D eigenvalue weighted by atomic mass is 19.3. The van der Waals surface area contributed by atoms with E-state index in [0.717, 1.165) is 12.1 Å². The smallest absolute Gasteiger partial charge is 0.428 e. The molecule has 4 nitrogen and oxygen atoms in total. The average molecular weight is 278 g/mol. The number of ether oxygens (including phenoxy) is 1. The Balaban J connectivity index is 2.04. The van der Waals surface area contributed by atoms with E-state index in [2.05, 4.69) is 15.4 Å². The Kier molecular flexibility index (Phi) is 3.50. The first-order valence-corrected chi connectivity index (χ1v) is 5.38. The first kappa shape index (κ1) is 13.4. The number of hydrogen-bond donors (Lipinski definition) is 2. The lowest BCUT2D eigenvalue weighted by Gasteiger charge is -2.17. The van der Waals surface area contributed by atoms with Crippen LogP contribution < -0.4 is 15.4 Å². The number of hydrogen-bond acceptors (Lipinski definition) is 2. The van der Waals surface area contributed by atoms with Gasteiger partial charge < -0.3 is 15.4 Å². The zero-order chi connectivity index (χ0) is 14.0. The molecular weight excluding hydrogens is 268 g/mol. The van der Waals surface area contributed by atoms with Crippen molar-refractivity contribution in [3.05, 3.63) is 29.8 Å². The van der Waals surface area contributed by atoms with Gasteiger partial charge in [0.2, 0.25) is 0 Å². The zero-order valence-corrected chi connectivity index (χ0v) is 9.50. The molecule has 0 spiro atoms. The summed E-state index contributed by atoms with van der Waals surface area (Å²) in [4.78, 5) is 10.9. The maximum atomic E-state index is 12.6. The van der Waals surface area contributed by atoms with Crippen LogP contribution in [0, 0.1) is 0 Å². The fraction of sp³-hybridized carbons (Fsp3) is 0.364. The molecule has 1 saturated heterocycles. The van der Waals surface area contributed by atoms with E-state index in [1.807, 2.05) is 0 Å². The van der Waals surface area contributed by atoms with Crippen molar-refractivity contribution in [2.75, 3.05) is 6.54 Å². The lowest BCUT2D eigenvalue weighted by Crippen LogP contribution is -2.33. The van der Waals surface area contributed by atoms with Gasteiger partial charge in [-0.15, -0.1) is 0 Å². The molecule has 0 unspecified atom stereocenters. The van der Waals surface area contributed by atoms with Gasteiger partial charge in [-0.25, -0.2) is 4.79 Å². The van der Waals surface area contributed by atoms with Crippen LogP contribution in [0.3, 0.4) is 0 Å². The van der Waals surface area contributed by atoms with E-state index in [9.17, 15) is 22.4 Å². The number of urea groups is 1. The Bertz CT molecular complexity index is 464. The van der Waals surface area contributed by atoms with Crippen molar-refractivity contribution in [2.24, 2.45) is 0 Å². The van der Waals surface area contributed by atoms with Crippen LogP contribution >= 0.6 is 0 Å². The van der Waals surface area contributed by atoms with Gasteiger partial charge in [0.15, 0.2) is 0 Å². The molecule has 1 aliphatic rings. The molecule has 19 heavy (non-hydrogen) atoms. The first-order valence-electron chi connectivity index (χ1n) is 5.38. The molecule has 0 aromatic heterocycles. The Morgan fingerprint density at radius 3 is 2.37 bits per heavy atom. The number of carbonyl (C=O) groups is 1. The molecule has 0 saturated carbocycles. The topological polar surface area (TPSA) is 50.4 Å². The summed E-state index contributed by atoms with van der Waals surface area (Å²) in [6.45, 7) is 0.367. The van der Waals surface area contributed by atoms with Crippen LogP contribution in [0.2, 0.25) is 0 Å². The van der Waals surface area contributed by atoms with Gasteiger partial charge in [-0.3, -0.25) is 0 Å². The van der Waals surface area contributed by atoms with Crippen LogP contribution in [-0.4, -0.2) is 25.1 Å². The van der Waals surface area contributed by atoms with Crippen LogP contribution in [0.15, 0.2) is 24.3 Å². The van der Waals surface area contributed by atoms with E-state index in [0.29, 0.717) is 12.1 Å². The maximum Gasteiger partial charge on any atom is 0.461 e. The summed E-state index contributed by atoms with van der Waals surface area (Å²) >= 11 is 0. The van der Waals surface area contributed by atoms with Gasteiger partial charge in [0.05, 0.1) is 6.04 Å². The van der Waals surface area contributed by atoms with Crippen LogP contribution in [0.1, 0.15) is 11.6 Å². The third-order valence-corrected chi connectivity index (χ3v) is 2.56. The van der Waals surface area contributed by atoms with Crippen molar-refractivity contribution in [1.82, 2.24) is 10.6 Å². The molecule has 1 aromatic rings. The molecule has 104 valence electrons. The quantitative estimate of drug-likeness (QED) is 0.830. The molecule has 0 aliphatic carbocycles. The highest BCUT2D eigenvalue weighted by Gasteiger charge is 2.43. The van der Waals surface area contributed by atoms with Gasteiger partial charge in [-0.1, -0.05) is 12.1 Å². The Hall–Kier alpha value is -1.99. The van der Waals surface area contributed by atoms with Crippen molar-refractivity contribution in [2.45, 2.75) is 18.6 Å². The molecule has 2 N–H and O–H groups in total. The van der Waals surface area contributed by atoms with Crippen LogP contribution in [0.5, 0.6) is 5.75 Å². The van der Waals surface area contributed by atoms with E-state index in [-0.39, 0.29) is 17.8 Å². The molecule has 1 heterocycles. The molecule has 0 bridgehead atoms. The third-order valence-electron chi connectivity index (χ3n) is 2.56. The SMILES string of the molecule is O=C1NC[C@H](c2ccc(OC(F)(F)C(F)F)cc2)N1. The first-order chi connectivity index (χ1) is 8.88. The normalized spacial score (nSPS) is 19.2. The molecule has 8 heteroatoms. The number of rotatable bonds is 4. The monoisotopic (exact) mass is 278 g/mol. The fourth-order valence-corrected chi connectivity index (χ4v) is 1.63. The van der Waals surface area contributed by atoms with E-state index < -0.39 is 12.5 Å². The second-order valence-electron chi connectivity index (χ2n) is 3.94. The lowest BCUT2D eigenvalue weighted by molar-refractivity contribution is -0.253. The molecule has 2 amide bonds. The van der Waals surface area contributed by atoms with Crippen molar-refractivity contribution in [1.29, 1.82) is 0 Å². The number of carbonyl (C=O) groups excluding carboxylic acids is 1. The summed E-state index contributed by atoms with van der Waals surface area (Å²) < 4.78 is 53.1. The lowest BCUT2D eigenvalue weighted by atomic mass is 10.1. The van der Waals surface area contributed by atoms with Crippen LogP contribution in [-0.2, 0) is 0 Å². The second-order valence-corrected chi connectivity index (χ2v) is 3.94. The predicted octanol–water partition coefficient (Wildman–Crippen LogP) is 2.28. The van der Waals surface area contributed by atoms with Crippen molar-refractivity contribution >= 4 is 6.03 Å². The maximum absolute atomic E-state index is 12.6. The van der Waals surface area contributed by atoms with E-state index in [1.54, 1.807) is 0 Å². The van der Waals surface area contributed by atoms with E-state index in [1.165, 1.54) is 12.1 Å². The molecule has 1 aliphatic heterocycles. The predicted molar refractivity (Wildman–Crippen MR) is 57.3 cm³/mol. The molecule has 2 rings (SSSR count). The molecule has 0 radical (unpaired) electrons. The number of halogens is 4. The third kappa shape index (κ3) is 3.07. The van der Waals surface area contributed by atoms with Crippen molar-refractivity contribution < 1.29 is 27.1 Å². The summed E-state index contributed by atoms with van der Waals surface area (Å²) in [5.41, 5.74) is 0.658. The minimum atomic E-state index is -4.52. The number of benzene rings is 1. The fourth-order valence-electron chi connectivity index (χ4n) is 1.63. The van der Waals surface area contributed by atoms with Crippen molar-refractivity contribution in [3.8, 4) is 5.75 Å². The van der Waals surface area contributed by atoms with Crippen molar-refractivity contribution in [3.63, 3.8) is 0 Å². The largest absolute Gasteiger partial charge is 0.461 e. The van der Waals surface area contributed by atoms with Gasteiger partial charge in [-0.2, -0.15) is 17.6 Å². The summed E-state index contributed by atoms with van der Waals surface area (Å²) in [5.74, 6) is -0.369. The van der Waals surface area contributed by atoms with Gasteiger partial charge in [-0.05, 0) is 17.7 Å². The minimum Gasteiger partial charge on any atom is -0.428 e. The average Bonchev–Trinajstić information content (AvgIpc) is 2.76. The minimum absolute atomic E-state index is 0.280. The zero-order valence-electron chi connectivity index (χ0n) is 9.50. The highest BCUT2D eigenvalue weighted by Crippen LogP contribution is 2.28. The van der Waals surface area contributed by atoms with Gasteiger partial charge in [0.1, 0.15) is 5.75 Å². The van der Waals surface area contributed by atoms with Gasteiger partial charge in [0.25, 0.3) is 0 Å². The van der Waals surface area contributed by atoms with E-state index >= 15 is 0 Å². The number of nitrogens with one attached hydrogen (secondary N) is 2. The molecule has 1 aromatic carbocycles. The van der Waals surface area contributed by atoms with E-state index in [4.69, 9.17) is 0 Å². The Morgan fingerprint density at radius 2 is 1.89 bits per heavy atom. The Labute approximate surface area is 105 Å². The second kappa shape index (κ2) is 4.94. The standard InChI is InChI=1S/C11H10F4N2O2/c12-9(13)11(14,15)19-7-3-1-6(2-4-7)8-5-16-10(18)17-8/h1-4,8-9H,5H2,(H2,16,17,18)/t8-/m1/s1.